The summed E-state index contributed by atoms with van der Waals surface area (Å²) in [6.07, 6.45) is 2.25. The van der Waals surface area contributed by atoms with Crippen LogP contribution in [0.4, 0.5) is 5.69 Å². The molecule has 8 nitrogen and oxygen atoms in total. The Bertz CT molecular complexity index is 1260. The number of sulfonamides is 1. The summed E-state index contributed by atoms with van der Waals surface area (Å²) < 4.78 is 33.0. The number of nitrogens with zero attached hydrogens (tertiary/aromatic N) is 1. The topological polar surface area (TPSA) is 137 Å². The van der Waals surface area contributed by atoms with E-state index in [1.54, 1.807) is 7.05 Å². The van der Waals surface area contributed by atoms with E-state index in [0.717, 1.165) is 45.0 Å². The lowest BCUT2D eigenvalue weighted by molar-refractivity contribution is -0.115. The molecule has 0 saturated heterocycles. The average molecular weight is 517 g/mol. The van der Waals surface area contributed by atoms with Crippen molar-refractivity contribution >= 4 is 43.3 Å². The summed E-state index contributed by atoms with van der Waals surface area (Å²) in [6, 6.07) is 11.0. The number of thioether (sulfide) groups is 1. The molecule has 0 aliphatic heterocycles. The van der Waals surface area contributed by atoms with Crippen LogP contribution < -0.4 is 20.9 Å². The minimum atomic E-state index is -3.82. The van der Waals surface area contributed by atoms with Crippen LogP contribution in [-0.4, -0.2) is 38.3 Å². The van der Waals surface area contributed by atoms with Gasteiger partial charge >= 0.3 is 0 Å². The number of hydrogen-bond donors (Lipinski definition) is 3. The number of primary amides is 1. The number of fused-ring (bicyclic) bond motifs is 1. The molecule has 10 heteroatoms. The van der Waals surface area contributed by atoms with E-state index in [2.05, 4.69) is 16.3 Å². The van der Waals surface area contributed by atoms with Gasteiger partial charge in [0.1, 0.15) is 16.5 Å². The third-order valence-electron chi connectivity index (χ3n) is 5.50. The SMILES string of the molecule is C=C(SC(=NC)c1ccc(OC(C)C)c(N)c1)c1cccc2c1CCC[C@@H]2NS(=O)(=O)CC(N)=O. The molecule has 2 aromatic rings. The summed E-state index contributed by atoms with van der Waals surface area (Å²) in [5, 5.41) is 0.755. The lowest BCUT2D eigenvalue weighted by atomic mass is 9.85. The number of carbonyl (C=O) groups is 1. The minimum absolute atomic E-state index is 0.0185. The van der Waals surface area contributed by atoms with Crippen molar-refractivity contribution in [3.63, 3.8) is 0 Å². The number of anilines is 1. The first-order valence-corrected chi connectivity index (χ1v) is 13.8. The van der Waals surface area contributed by atoms with Crippen LogP contribution in [0, 0.1) is 0 Å². The molecule has 1 aliphatic carbocycles. The maximum absolute atomic E-state index is 12.3. The van der Waals surface area contributed by atoms with Crippen LogP contribution in [0.1, 0.15) is 55.0 Å². The summed E-state index contributed by atoms with van der Waals surface area (Å²) in [5.41, 5.74) is 15.5. The van der Waals surface area contributed by atoms with Crippen molar-refractivity contribution in [1.82, 2.24) is 4.72 Å². The third-order valence-corrected chi connectivity index (χ3v) is 7.89. The fourth-order valence-corrected chi connectivity index (χ4v) is 6.13. The number of benzene rings is 2. The van der Waals surface area contributed by atoms with Gasteiger partial charge < -0.3 is 16.2 Å². The van der Waals surface area contributed by atoms with E-state index in [9.17, 15) is 13.2 Å². The molecule has 5 N–H and O–H groups in total. The van der Waals surface area contributed by atoms with Gasteiger partial charge in [-0.25, -0.2) is 13.1 Å². The predicted molar refractivity (Wildman–Crippen MR) is 144 cm³/mol. The second-order valence-corrected chi connectivity index (χ2v) is 11.5. The van der Waals surface area contributed by atoms with Crippen molar-refractivity contribution in [2.24, 2.45) is 10.7 Å². The van der Waals surface area contributed by atoms with E-state index in [1.165, 1.54) is 11.8 Å². The third kappa shape index (κ3) is 6.87. The summed E-state index contributed by atoms with van der Waals surface area (Å²) in [6.45, 7) is 8.18. The molecule has 3 rings (SSSR count). The number of nitrogen functional groups attached to an aromatic ring is 1. The maximum atomic E-state index is 12.3. The molecular weight excluding hydrogens is 484 g/mol. The number of hydrogen-bond acceptors (Lipinski definition) is 7. The van der Waals surface area contributed by atoms with Gasteiger partial charge in [0.15, 0.2) is 0 Å². The van der Waals surface area contributed by atoms with Crippen molar-refractivity contribution in [2.75, 3.05) is 18.5 Å². The normalized spacial score (nSPS) is 16.1. The fraction of sp³-hybridized carbons (Fsp3) is 0.360. The Labute approximate surface area is 211 Å². The Balaban J connectivity index is 1.84. The van der Waals surface area contributed by atoms with Crippen LogP contribution >= 0.6 is 11.8 Å². The number of rotatable bonds is 9. The molecule has 1 atom stereocenters. The molecule has 35 heavy (non-hydrogen) atoms. The quantitative estimate of drug-likeness (QED) is 0.264. The number of aliphatic imine (C=N–C) groups is 1. The highest BCUT2D eigenvalue weighted by atomic mass is 32.2. The molecule has 0 aromatic heterocycles. The van der Waals surface area contributed by atoms with Crippen LogP contribution in [0.5, 0.6) is 5.75 Å². The largest absolute Gasteiger partial charge is 0.489 e. The molecule has 0 radical (unpaired) electrons. The first-order valence-electron chi connectivity index (χ1n) is 11.3. The zero-order chi connectivity index (χ0) is 25.8. The van der Waals surface area contributed by atoms with Crippen LogP contribution in [0.3, 0.4) is 0 Å². The summed E-state index contributed by atoms with van der Waals surface area (Å²) in [7, 11) is -2.11. The van der Waals surface area contributed by atoms with E-state index in [0.29, 0.717) is 17.9 Å². The molecule has 0 heterocycles. The molecule has 2 aromatic carbocycles. The Kier molecular flexibility index (Phi) is 8.63. The van der Waals surface area contributed by atoms with Crippen molar-refractivity contribution in [3.8, 4) is 5.75 Å². The van der Waals surface area contributed by atoms with Gasteiger partial charge in [0.05, 0.1) is 11.8 Å². The van der Waals surface area contributed by atoms with Gasteiger partial charge in [-0.2, -0.15) is 0 Å². The first-order chi connectivity index (χ1) is 16.5. The van der Waals surface area contributed by atoms with Gasteiger partial charge in [-0.05, 0) is 68.0 Å². The van der Waals surface area contributed by atoms with Crippen molar-refractivity contribution < 1.29 is 17.9 Å². The smallest absolute Gasteiger partial charge is 0.234 e. The number of nitrogens with one attached hydrogen (secondary N) is 1. The van der Waals surface area contributed by atoms with Gasteiger partial charge in [-0.1, -0.05) is 36.5 Å². The van der Waals surface area contributed by atoms with E-state index < -0.39 is 27.7 Å². The average Bonchev–Trinajstić information content (AvgIpc) is 2.77. The summed E-state index contributed by atoms with van der Waals surface area (Å²) in [5.74, 6) is -0.991. The maximum Gasteiger partial charge on any atom is 0.234 e. The number of ether oxygens (including phenoxy) is 1. The summed E-state index contributed by atoms with van der Waals surface area (Å²) >= 11 is 1.43. The van der Waals surface area contributed by atoms with Gasteiger partial charge in [0.25, 0.3) is 0 Å². The number of nitrogens with two attached hydrogens (primary N) is 2. The second kappa shape index (κ2) is 11.3. The zero-order valence-electron chi connectivity index (χ0n) is 20.2. The van der Waals surface area contributed by atoms with E-state index >= 15 is 0 Å². The Morgan fingerprint density at radius 3 is 2.69 bits per heavy atom. The lowest BCUT2D eigenvalue weighted by Crippen LogP contribution is -2.37. The molecule has 0 spiro atoms. The summed E-state index contributed by atoms with van der Waals surface area (Å²) in [4.78, 5) is 16.4. The van der Waals surface area contributed by atoms with Crippen molar-refractivity contribution in [3.05, 3.63) is 65.2 Å². The van der Waals surface area contributed by atoms with Crippen molar-refractivity contribution in [2.45, 2.75) is 45.3 Å². The van der Waals surface area contributed by atoms with Gasteiger partial charge in [0, 0.05) is 23.6 Å². The molecule has 0 fully saturated rings. The highest BCUT2D eigenvalue weighted by molar-refractivity contribution is 8.22. The first kappa shape index (κ1) is 26.8. The van der Waals surface area contributed by atoms with Crippen LogP contribution in [0.15, 0.2) is 48.0 Å². The van der Waals surface area contributed by atoms with Gasteiger partial charge in [-0.15, -0.1) is 0 Å². The fourth-order valence-electron chi connectivity index (χ4n) is 4.13. The molecule has 0 saturated carbocycles. The molecule has 1 amide bonds. The van der Waals surface area contributed by atoms with E-state index in [4.69, 9.17) is 16.2 Å². The minimum Gasteiger partial charge on any atom is -0.489 e. The highest BCUT2D eigenvalue weighted by Gasteiger charge is 2.27. The van der Waals surface area contributed by atoms with Crippen LogP contribution in [-0.2, 0) is 21.2 Å². The lowest BCUT2D eigenvalue weighted by Gasteiger charge is -2.28. The van der Waals surface area contributed by atoms with Gasteiger partial charge in [-0.3, -0.25) is 9.79 Å². The Morgan fingerprint density at radius 1 is 1.31 bits per heavy atom. The van der Waals surface area contributed by atoms with Crippen LogP contribution in [0.25, 0.3) is 4.91 Å². The van der Waals surface area contributed by atoms with Crippen LogP contribution in [0.2, 0.25) is 0 Å². The van der Waals surface area contributed by atoms with Crippen molar-refractivity contribution in [1.29, 1.82) is 0 Å². The molecular formula is C25H32N4O4S2. The van der Waals surface area contributed by atoms with E-state index in [-0.39, 0.29) is 6.10 Å². The number of amides is 1. The Morgan fingerprint density at radius 2 is 2.06 bits per heavy atom. The predicted octanol–water partition coefficient (Wildman–Crippen LogP) is 3.62. The molecule has 0 bridgehead atoms. The Hall–Kier alpha value is -2.82. The monoisotopic (exact) mass is 516 g/mol. The standard InChI is InChI=1S/C25H32N4O4S2/c1-15(2)33-23-12-11-17(13-21(23)26)25(28-4)34-16(3)18-7-5-9-20-19(18)8-6-10-22(20)29-35(31,32)14-24(27)30/h5,7,9,11-13,15,22,29H,3,6,8,10,14,26H2,1-2,4H3,(H2,27,30)/t22-/m0/s1. The zero-order valence-corrected chi connectivity index (χ0v) is 21.8. The molecule has 1 aliphatic rings. The second-order valence-electron chi connectivity index (χ2n) is 8.63. The highest BCUT2D eigenvalue weighted by Crippen LogP contribution is 2.39. The van der Waals surface area contributed by atoms with Gasteiger partial charge in [0.2, 0.25) is 15.9 Å². The number of carbonyl (C=O) groups excluding carboxylic acids is 1. The van der Waals surface area contributed by atoms with E-state index in [1.807, 2.05) is 50.2 Å². The molecule has 188 valence electrons. The molecule has 0 unspecified atom stereocenters.